The van der Waals surface area contributed by atoms with Crippen LogP contribution in [0.4, 0.5) is 4.79 Å². The maximum Gasteiger partial charge on any atom is 0.407 e. The van der Waals surface area contributed by atoms with E-state index in [9.17, 15) is 4.79 Å². The summed E-state index contributed by atoms with van der Waals surface area (Å²) >= 11 is 0. The van der Waals surface area contributed by atoms with Gasteiger partial charge < -0.3 is 14.8 Å². The molecule has 0 aromatic carbocycles. The molecule has 1 aliphatic carbocycles. The van der Waals surface area contributed by atoms with E-state index in [1.54, 1.807) is 17.1 Å². The van der Waals surface area contributed by atoms with Gasteiger partial charge in [0.05, 0.1) is 30.9 Å². The molecule has 4 rings (SSSR count). The molecule has 1 aliphatic rings. The molecule has 0 atom stereocenters. The number of carbonyl (C=O) groups is 1. The molecule has 0 bridgehead atoms. The second-order valence-electron chi connectivity index (χ2n) is 8.35. The van der Waals surface area contributed by atoms with Gasteiger partial charge in [-0.05, 0) is 45.6 Å². The maximum atomic E-state index is 10.5. The summed E-state index contributed by atoms with van der Waals surface area (Å²) in [7, 11) is 3.43. The third-order valence-corrected chi connectivity index (χ3v) is 4.64. The second kappa shape index (κ2) is 14.2. The first-order valence-corrected chi connectivity index (χ1v) is 12.1. The van der Waals surface area contributed by atoms with Crippen LogP contribution < -0.4 is 10.1 Å². The SMILES string of the molecule is CC.CC.CNC(=O)OC(C)(C)C.Cn1cc(-c2cn3nccc3c(OCC3CCC3)n2)cn1. The van der Waals surface area contributed by atoms with Gasteiger partial charge in [-0.25, -0.2) is 14.3 Å². The number of ether oxygens (including phenoxy) is 2. The highest BCUT2D eigenvalue weighted by Gasteiger charge is 2.19. The number of aromatic nitrogens is 5. The first-order valence-electron chi connectivity index (χ1n) is 12.1. The molecule has 0 spiro atoms. The Balaban J connectivity index is 0.000000379. The van der Waals surface area contributed by atoms with Gasteiger partial charge in [0.25, 0.3) is 0 Å². The van der Waals surface area contributed by atoms with E-state index in [2.05, 4.69) is 20.5 Å². The third kappa shape index (κ3) is 9.03. The zero-order valence-electron chi connectivity index (χ0n) is 22.3. The highest BCUT2D eigenvalue weighted by Crippen LogP contribution is 2.29. The van der Waals surface area contributed by atoms with Gasteiger partial charge >= 0.3 is 6.09 Å². The van der Waals surface area contributed by atoms with Crippen molar-refractivity contribution < 1.29 is 14.3 Å². The molecule has 1 N–H and O–H groups in total. The molecule has 0 unspecified atom stereocenters. The molecule has 1 fully saturated rings. The quantitative estimate of drug-likeness (QED) is 0.536. The number of fused-ring (bicyclic) bond motifs is 1. The van der Waals surface area contributed by atoms with Gasteiger partial charge in [-0.3, -0.25) is 4.68 Å². The first kappa shape index (κ1) is 28.9. The Bertz CT molecular complexity index is 986. The molecule has 0 saturated heterocycles. The fourth-order valence-corrected chi connectivity index (χ4v) is 2.88. The smallest absolute Gasteiger partial charge is 0.407 e. The van der Waals surface area contributed by atoms with Crippen LogP contribution in [0.1, 0.15) is 67.7 Å². The van der Waals surface area contributed by atoms with Crippen LogP contribution in [-0.4, -0.2) is 49.7 Å². The van der Waals surface area contributed by atoms with Crippen LogP contribution in [-0.2, 0) is 11.8 Å². The van der Waals surface area contributed by atoms with Crippen LogP contribution in [0.2, 0.25) is 0 Å². The zero-order chi connectivity index (χ0) is 25.7. The predicted molar refractivity (Wildman–Crippen MR) is 136 cm³/mol. The van der Waals surface area contributed by atoms with Crippen molar-refractivity contribution in [3.05, 3.63) is 30.9 Å². The number of nitrogens with one attached hydrogen (secondary N) is 1. The highest BCUT2D eigenvalue weighted by atomic mass is 16.6. The van der Waals surface area contributed by atoms with Crippen molar-refractivity contribution in [3.8, 4) is 17.1 Å². The van der Waals surface area contributed by atoms with E-state index in [-0.39, 0.29) is 11.7 Å². The van der Waals surface area contributed by atoms with Crippen molar-refractivity contribution >= 4 is 11.6 Å². The number of hydrogen-bond acceptors (Lipinski definition) is 6. The van der Waals surface area contributed by atoms with Crippen molar-refractivity contribution in [1.82, 2.24) is 29.7 Å². The number of rotatable bonds is 4. The lowest BCUT2D eigenvalue weighted by molar-refractivity contribution is 0.0541. The summed E-state index contributed by atoms with van der Waals surface area (Å²) in [5.74, 6) is 1.33. The summed E-state index contributed by atoms with van der Waals surface area (Å²) in [6, 6.07) is 1.93. The average Bonchev–Trinajstić information content (AvgIpc) is 3.43. The van der Waals surface area contributed by atoms with Crippen LogP contribution in [0, 0.1) is 5.92 Å². The van der Waals surface area contributed by atoms with Gasteiger partial charge in [0.1, 0.15) is 11.1 Å². The summed E-state index contributed by atoms with van der Waals surface area (Å²) in [4.78, 5) is 15.1. The van der Waals surface area contributed by atoms with E-state index in [1.165, 1.54) is 26.3 Å². The molecule has 3 heterocycles. The topological polar surface area (TPSA) is 95.6 Å². The number of alkyl carbamates (subject to hydrolysis) is 1. The van der Waals surface area contributed by atoms with Gasteiger partial charge in [-0.1, -0.05) is 34.1 Å². The molecule has 0 aliphatic heterocycles. The predicted octanol–water partition coefficient (Wildman–Crippen LogP) is 5.50. The number of hydrogen-bond donors (Lipinski definition) is 1. The fraction of sp³-hybridized carbons (Fsp3) is 0.600. The second-order valence-corrected chi connectivity index (χ2v) is 8.35. The van der Waals surface area contributed by atoms with E-state index in [1.807, 2.05) is 78.5 Å². The zero-order valence-corrected chi connectivity index (χ0v) is 22.3. The lowest BCUT2D eigenvalue weighted by Gasteiger charge is -2.24. The van der Waals surface area contributed by atoms with E-state index < -0.39 is 0 Å². The Labute approximate surface area is 203 Å². The monoisotopic (exact) mass is 474 g/mol. The van der Waals surface area contributed by atoms with Crippen molar-refractivity contribution in [2.45, 2.75) is 73.3 Å². The van der Waals surface area contributed by atoms with Crippen LogP contribution in [0.5, 0.6) is 5.88 Å². The number of amides is 1. The third-order valence-electron chi connectivity index (χ3n) is 4.64. The summed E-state index contributed by atoms with van der Waals surface area (Å²) in [6.07, 6.45) is 10.9. The minimum atomic E-state index is -0.389. The van der Waals surface area contributed by atoms with E-state index >= 15 is 0 Å². The molecule has 1 saturated carbocycles. The lowest BCUT2D eigenvalue weighted by atomic mass is 9.86. The largest absolute Gasteiger partial charge is 0.476 e. The molecule has 9 nitrogen and oxygen atoms in total. The van der Waals surface area contributed by atoms with Crippen molar-refractivity contribution in [3.63, 3.8) is 0 Å². The molecule has 1 amide bonds. The first-order chi connectivity index (χ1) is 16.2. The number of nitrogens with zero attached hydrogens (tertiary/aromatic N) is 5. The molecular formula is C25H42N6O3. The van der Waals surface area contributed by atoms with Gasteiger partial charge in [0.15, 0.2) is 0 Å². The minimum Gasteiger partial charge on any atom is -0.476 e. The standard InChI is InChI=1S/C15H17N5O.C6H13NO2.2C2H6/c1-19-8-12(7-17-19)13-9-20-14(5-6-16-20)15(18-13)21-10-11-3-2-4-11;1-6(2,3)9-5(8)7-4;2*1-2/h5-9,11H,2-4,10H2,1H3;1-4H3,(H,7,8);2*1-2H3. The maximum absolute atomic E-state index is 10.5. The number of carbonyl (C=O) groups excluding carboxylic acids is 1. The fourth-order valence-electron chi connectivity index (χ4n) is 2.88. The van der Waals surface area contributed by atoms with Crippen molar-refractivity contribution in [2.75, 3.05) is 13.7 Å². The molecular weight excluding hydrogens is 432 g/mol. The minimum absolute atomic E-state index is 0.387. The average molecular weight is 475 g/mol. The molecule has 190 valence electrons. The molecule has 34 heavy (non-hydrogen) atoms. The van der Waals surface area contributed by atoms with Crippen LogP contribution >= 0.6 is 0 Å². The van der Waals surface area contributed by atoms with Crippen LogP contribution in [0.3, 0.4) is 0 Å². The molecule has 3 aromatic heterocycles. The normalized spacial score (nSPS) is 12.6. The Kier molecular flexibility index (Phi) is 12.1. The molecule has 9 heteroatoms. The van der Waals surface area contributed by atoms with E-state index in [0.717, 1.165) is 23.4 Å². The summed E-state index contributed by atoms with van der Waals surface area (Å²) < 4.78 is 14.4. The lowest BCUT2D eigenvalue weighted by Crippen LogP contribution is -2.30. The Morgan fingerprint density at radius 1 is 1.15 bits per heavy atom. The van der Waals surface area contributed by atoms with Gasteiger partial charge in [-0.15, -0.1) is 0 Å². The Hall–Kier alpha value is -3.10. The summed E-state index contributed by atoms with van der Waals surface area (Å²) in [5, 5.41) is 10.9. The summed E-state index contributed by atoms with van der Waals surface area (Å²) in [6.45, 7) is 14.2. The van der Waals surface area contributed by atoms with Crippen molar-refractivity contribution in [1.29, 1.82) is 0 Å². The van der Waals surface area contributed by atoms with Gasteiger partial charge in [-0.2, -0.15) is 10.2 Å². The van der Waals surface area contributed by atoms with Crippen LogP contribution in [0.15, 0.2) is 30.9 Å². The molecule has 0 radical (unpaired) electrons. The number of aryl methyl sites for hydroxylation is 1. The molecule has 3 aromatic rings. The van der Waals surface area contributed by atoms with E-state index in [4.69, 9.17) is 9.47 Å². The van der Waals surface area contributed by atoms with Gasteiger partial charge in [0.2, 0.25) is 5.88 Å². The summed E-state index contributed by atoms with van der Waals surface area (Å²) in [5.41, 5.74) is 2.30. The van der Waals surface area contributed by atoms with Gasteiger partial charge in [0, 0.05) is 25.9 Å². The highest BCUT2D eigenvalue weighted by molar-refractivity contribution is 5.67. The van der Waals surface area contributed by atoms with Crippen molar-refractivity contribution in [2.24, 2.45) is 13.0 Å². The van der Waals surface area contributed by atoms with Crippen LogP contribution in [0.25, 0.3) is 16.8 Å². The Morgan fingerprint density at radius 3 is 2.29 bits per heavy atom. The Morgan fingerprint density at radius 2 is 1.82 bits per heavy atom. The van der Waals surface area contributed by atoms with E-state index in [0.29, 0.717) is 11.8 Å².